The maximum Gasteiger partial charge on any atom is 0.325 e. The van der Waals surface area contributed by atoms with Gasteiger partial charge in [0.05, 0.1) is 25.0 Å². The highest BCUT2D eigenvalue weighted by Gasteiger charge is 2.24. The van der Waals surface area contributed by atoms with Crippen LogP contribution in [-0.2, 0) is 16.1 Å². The Morgan fingerprint density at radius 3 is 2.86 bits per heavy atom. The molecule has 2 aromatic rings. The largest absolute Gasteiger partial charge is 0.465 e. The van der Waals surface area contributed by atoms with E-state index in [9.17, 15) is 4.79 Å². The third-order valence-electron chi connectivity index (χ3n) is 3.26. The lowest BCUT2D eigenvalue weighted by Gasteiger charge is -2.24. The van der Waals surface area contributed by atoms with Gasteiger partial charge in [0, 0.05) is 5.56 Å². The molecule has 22 heavy (non-hydrogen) atoms. The summed E-state index contributed by atoms with van der Waals surface area (Å²) < 4.78 is 6.68. The standard InChI is InChI=1S/C15H15ClN4O2/c1-2-22-13(21)10-19-9-11-8-17-20(14(11)18-15(19)16)12-6-4-3-5-7-12/h3-8H,2,9-10H2,1H3. The number of ether oxygens (including phenoxy) is 1. The third-order valence-corrected chi connectivity index (χ3v) is 3.59. The van der Waals surface area contributed by atoms with Crippen molar-refractivity contribution in [2.45, 2.75) is 13.5 Å². The Morgan fingerprint density at radius 1 is 1.36 bits per heavy atom. The Kier molecular flexibility index (Phi) is 4.11. The summed E-state index contributed by atoms with van der Waals surface area (Å²) in [6.45, 7) is 2.67. The van der Waals surface area contributed by atoms with E-state index in [2.05, 4.69) is 10.1 Å². The molecule has 0 N–H and O–H groups in total. The number of rotatable bonds is 4. The topological polar surface area (TPSA) is 59.7 Å². The smallest absolute Gasteiger partial charge is 0.325 e. The first-order valence-corrected chi connectivity index (χ1v) is 7.34. The molecule has 0 atom stereocenters. The molecule has 2 heterocycles. The molecule has 114 valence electrons. The van der Waals surface area contributed by atoms with Gasteiger partial charge in [-0.3, -0.25) is 4.79 Å². The molecule has 0 amide bonds. The Labute approximate surface area is 133 Å². The molecule has 1 aromatic carbocycles. The van der Waals surface area contributed by atoms with Crippen molar-refractivity contribution in [1.29, 1.82) is 0 Å². The predicted molar refractivity (Wildman–Crippen MR) is 83.6 cm³/mol. The van der Waals surface area contributed by atoms with Gasteiger partial charge in [0.15, 0.2) is 5.82 Å². The fourth-order valence-electron chi connectivity index (χ4n) is 2.28. The Hall–Kier alpha value is -2.34. The van der Waals surface area contributed by atoms with Gasteiger partial charge in [-0.25, -0.2) is 4.68 Å². The zero-order valence-electron chi connectivity index (χ0n) is 12.1. The zero-order chi connectivity index (χ0) is 15.5. The summed E-state index contributed by atoms with van der Waals surface area (Å²) in [5.41, 5.74) is 1.83. The van der Waals surface area contributed by atoms with E-state index in [0.717, 1.165) is 11.3 Å². The summed E-state index contributed by atoms with van der Waals surface area (Å²) in [6.07, 6.45) is 1.74. The molecule has 0 radical (unpaired) electrons. The van der Waals surface area contributed by atoms with Gasteiger partial charge in [0.25, 0.3) is 0 Å². The van der Waals surface area contributed by atoms with Crippen LogP contribution < -0.4 is 0 Å². The van der Waals surface area contributed by atoms with Gasteiger partial charge >= 0.3 is 5.97 Å². The normalized spacial score (nSPS) is 13.5. The van der Waals surface area contributed by atoms with Crippen molar-refractivity contribution in [3.63, 3.8) is 0 Å². The minimum Gasteiger partial charge on any atom is -0.465 e. The lowest BCUT2D eigenvalue weighted by atomic mass is 10.2. The molecule has 1 aromatic heterocycles. The van der Waals surface area contributed by atoms with Crippen LogP contribution in [0.5, 0.6) is 0 Å². The molecule has 1 aliphatic rings. The van der Waals surface area contributed by atoms with Crippen molar-refractivity contribution in [1.82, 2.24) is 14.7 Å². The second-order valence-corrected chi connectivity index (χ2v) is 5.12. The second kappa shape index (κ2) is 6.19. The van der Waals surface area contributed by atoms with Gasteiger partial charge in [0.2, 0.25) is 5.29 Å². The Bertz CT molecular complexity index is 712. The maximum absolute atomic E-state index is 11.6. The summed E-state index contributed by atoms with van der Waals surface area (Å²) in [4.78, 5) is 17.6. The Balaban J connectivity index is 1.86. The average Bonchev–Trinajstić information content (AvgIpc) is 2.91. The average molecular weight is 319 g/mol. The van der Waals surface area contributed by atoms with Crippen LogP contribution in [0.25, 0.3) is 5.69 Å². The fraction of sp³-hybridized carbons (Fsp3) is 0.267. The van der Waals surface area contributed by atoms with Gasteiger partial charge in [-0.2, -0.15) is 10.1 Å². The van der Waals surface area contributed by atoms with Crippen LogP contribution in [0.4, 0.5) is 5.82 Å². The second-order valence-electron chi connectivity index (χ2n) is 4.78. The molecule has 1 aliphatic heterocycles. The molecule has 6 nitrogen and oxygen atoms in total. The number of fused-ring (bicyclic) bond motifs is 1. The van der Waals surface area contributed by atoms with E-state index in [-0.39, 0.29) is 17.8 Å². The van der Waals surface area contributed by atoms with Crippen molar-refractivity contribution in [3.8, 4) is 5.69 Å². The first-order chi connectivity index (χ1) is 10.7. The first-order valence-electron chi connectivity index (χ1n) is 6.96. The fourth-order valence-corrected chi connectivity index (χ4v) is 2.48. The van der Waals surface area contributed by atoms with Gasteiger partial charge < -0.3 is 9.64 Å². The minimum atomic E-state index is -0.324. The number of aromatic nitrogens is 2. The van der Waals surface area contributed by atoms with Crippen LogP contribution in [0.15, 0.2) is 41.5 Å². The van der Waals surface area contributed by atoms with E-state index in [1.807, 2.05) is 30.3 Å². The van der Waals surface area contributed by atoms with Gasteiger partial charge in [-0.1, -0.05) is 18.2 Å². The zero-order valence-corrected chi connectivity index (χ0v) is 12.8. The molecule has 0 saturated heterocycles. The summed E-state index contributed by atoms with van der Waals surface area (Å²) in [6, 6.07) is 9.70. The van der Waals surface area contributed by atoms with Gasteiger partial charge in [-0.05, 0) is 30.7 Å². The quantitative estimate of drug-likeness (QED) is 0.642. The van der Waals surface area contributed by atoms with Crippen molar-refractivity contribution < 1.29 is 9.53 Å². The number of para-hydroxylation sites is 1. The summed E-state index contributed by atoms with van der Waals surface area (Å²) >= 11 is 6.20. The van der Waals surface area contributed by atoms with Gasteiger partial charge in [0.1, 0.15) is 6.54 Å². The van der Waals surface area contributed by atoms with Crippen molar-refractivity contribution in [3.05, 3.63) is 42.1 Å². The molecular formula is C15H15ClN4O2. The van der Waals surface area contributed by atoms with E-state index in [1.54, 1.807) is 22.7 Å². The molecule has 0 bridgehead atoms. The van der Waals surface area contributed by atoms with E-state index < -0.39 is 0 Å². The molecular weight excluding hydrogens is 304 g/mol. The van der Waals surface area contributed by atoms with Crippen LogP contribution in [-0.4, -0.2) is 39.1 Å². The molecule has 0 fully saturated rings. The highest BCUT2D eigenvalue weighted by Crippen LogP contribution is 2.29. The predicted octanol–water partition coefficient (Wildman–Crippen LogP) is 2.48. The lowest BCUT2D eigenvalue weighted by Crippen LogP contribution is -2.35. The van der Waals surface area contributed by atoms with Crippen LogP contribution >= 0.6 is 11.6 Å². The number of nitrogens with zero attached hydrogens (tertiary/aromatic N) is 4. The molecule has 0 unspecified atom stereocenters. The van der Waals surface area contributed by atoms with Crippen molar-refractivity contribution in [2.75, 3.05) is 13.2 Å². The van der Waals surface area contributed by atoms with Crippen molar-refractivity contribution in [2.24, 2.45) is 4.99 Å². The molecule has 0 saturated carbocycles. The molecule has 0 spiro atoms. The SMILES string of the molecule is CCOC(=O)CN1Cc2cnn(-c3ccccc3)c2N=C1Cl. The maximum atomic E-state index is 11.6. The third kappa shape index (κ3) is 2.82. The summed E-state index contributed by atoms with van der Waals surface area (Å²) in [5.74, 6) is 0.367. The number of halogens is 1. The van der Waals surface area contributed by atoms with Crippen LogP contribution in [0.2, 0.25) is 0 Å². The Morgan fingerprint density at radius 2 is 2.14 bits per heavy atom. The summed E-state index contributed by atoms with van der Waals surface area (Å²) in [7, 11) is 0. The minimum absolute atomic E-state index is 0.0755. The van der Waals surface area contributed by atoms with Crippen LogP contribution in [0, 0.1) is 0 Å². The number of amidine groups is 1. The first kappa shape index (κ1) is 14.6. The van der Waals surface area contributed by atoms with E-state index in [1.165, 1.54) is 0 Å². The summed E-state index contributed by atoms with van der Waals surface area (Å²) in [5, 5.41) is 4.62. The monoisotopic (exact) mass is 318 g/mol. The molecule has 0 aliphatic carbocycles. The lowest BCUT2D eigenvalue weighted by molar-refractivity contribution is -0.143. The van der Waals surface area contributed by atoms with E-state index >= 15 is 0 Å². The van der Waals surface area contributed by atoms with Gasteiger partial charge in [-0.15, -0.1) is 0 Å². The molecule has 7 heteroatoms. The number of hydrogen-bond acceptors (Lipinski definition) is 5. The number of esters is 1. The molecule has 3 rings (SSSR count). The number of aliphatic imine (C=N–C) groups is 1. The number of carbonyl (C=O) groups excluding carboxylic acids is 1. The number of benzene rings is 1. The van der Waals surface area contributed by atoms with E-state index in [0.29, 0.717) is 19.0 Å². The highest BCUT2D eigenvalue weighted by molar-refractivity contribution is 6.65. The highest BCUT2D eigenvalue weighted by atomic mass is 35.5. The van der Waals surface area contributed by atoms with Crippen molar-refractivity contribution >= 4 is 28.7 Å². The number of carbonyl (C=O) groups is 1. The van der Waals surface area contributed by atoms with Crippen LogP contribution in [0.1, 0.15) is 12.5 Å². The van der Waals surface area contributed by atoms with E-state index in [4.69, 9.17) is 16.3 Å². The number of hydrogen-bond donors (Lipinski definition) is 0. The van der Waals surface area contributed by atoms with Crippen LogP contribution in [0.3, 0.4) is 0 Å².